The molecule has 0 spiro atoms. The lowest BCUT2D eigenvalue weighted by molar-refractivity contribution is -0.386. The van der Waals surface area contributed by atoms with E-state index in [1.54, 1.807) is 13.8 Å². The lowest BCUT2D eigenvalue weighted by atomic mass is 10.3. The highest BCUT2D eigenvalue weighted by molar-refractivity contribution is 7.89. The van der Waals surface area contributed by atoms with Crippen LogP contribution >= 0.6 is 0 Å². The van der Waals surface area contributed by atoms with Crippen LogP contribution in [0.1, 0.15) is 13.8 Å². The molecule has 10 heteroatoms. The van der Waals surface area contributed by atoms with Gasteiger partial charge in [-0.25, -0.2) is 13.2 Å². The summed E-state index contributed by atoms with van der Waals surface area (Å²) in [6.07, 6.45) is 0. The number of carboxylic acid groups (broad SMARTS) is 1. The Labute approximate surface area is 127 Å². The molecule has 9 nitrogen and oxygen atoms in total. The summed E-state index contributed by atoms with van der Waals surface area (Å²) in [5.41, 5.74) is -0.602. The van der Waals surface area contributed by atoms with Crippen LogP contribution in [-0.4, -0.2) is 48.4 Å². The SMILES string of the molecule is CCN(CC)S(=O)(=O)c1ccc(OCC(=O)O)c([N+](=O)[O-])c1. The highest BCUT2D eigenvalue weighted by atomic mass is 32.2. The van der Waals surface area contributed by atoms with E-state index < -0.39 is 33.2 Å². The van der Waals surface area contributed by atoms with Crippen molar-refractivity contribution in [3.8, 4) is 5.75 Å². The monoisotopic (exact) mass is 332 g/mol. The van der Waals surface area contributed by atoms with E-state index in [0.29, 0.717) is 0 Å². The molecule has 0 amide bonds. The molecular formula is C12H16N2O7S. The first-order valence-electron chi connectivity index (χ1n) is 6.37. The van der Waals surface area contributed by atoms with E-state index in [1.165, 1.54) is 0 Å². The molecule has 0 saturated carbocycles. The average Bonchev–Trinajstić information content (AvgIpc) is 2.45. The largest absolute Gasteiger partial charge is 0.479 e. The van der Waals surface area contributed by atoms with Gasteiger partial charge in [-0.3, -0.25) is 10.1 Å². The Morgan fingerprint density at radius 3 is 2.41 bits per heavy atom. The Morgan fingerprint density at radius 2 is 1.95 bits per heavy atom. The molecule has 0 aliphatic carbocycles. The highest BCUT2D eigenvalue weighted by Gasteiger charge is 2.26. The van der Waals surface area contributed by atoms with Crippen molar-refractivity contribution in [2.45, 2.75) is 18.7 Å². The third kappa shape index (κ3) is 3.92. The maximum atomic E-state index is 12.3. The minimum atomic E-state index is -3.85. The Hall–Kier alpha value is -2.20. The summed E-state index contributed by atoms with van der Waals surface area (Å²) >= 11 is 0. The van der Waals surface area contributed by atoms with E-state index in [1.807, 2.05) is 0 Å². The molecule has 122 valence electrons. The molecule has 0 unspecified atom stereocenters. The van der Waals surface area contributed by atoms with Crippen LogP contribution in [0.3, 0.4) is 0 Å². The van der Waals surface area contributed by atoms with Gasteiger partial charge in [-0.05, 0) is 12.1 Å². The number of aliphatic carboxylic acids is 1. The van der Waals surface area contributed by atoms with E-state index >= 15 is 0 Å². The molecule has 1 N–H and O–H groups in total. The normalized spacial score (nSPS) is 11.4. The zero-order valence-corrected chi connectivity index (χ0v) is 12.9. The number of nitro groups is 1. The van der Waals surface area contributed by atoms with Crippen molar-refractivity contribution >= 4 is 21.7 Å². The van der Waals surface area contributed by atoms with Gasteiger partial charge in [0.1, 0.15) is 0 Å². The van der Waals surface area contributed by atoms with Crippen molar-refractivity contribution < 1.29 is 28.0 Å². The molecule has 0 bridgehead atoms. The second-order valence-corrected chi connectivity index (χ2v) is 6.10. The molecule has 0 radical (unpaired) electrons. The Balaban J connectivity index is 3.28. The van der Waals surface area contributed by atoms with Crippen molar-refractivity contribution in [2.24, 2.45) is 0 Å². The molecule has 1 rings (SSSR count). The number of sulfonamides is 1. The number of nitrogens with zero attached hydrogens (tertiary/aromatic N) is 2. The number of rotatable bonds is 8. The number of ether oxygens (including phenoxy) is 1. The molecule has 0 heterocycles. The van der Waals surface area contributed by atoms with Crippen LogP contribution in [0.5, 0.6) is 5.75 Å². The fourth-order valence-corrected chi connectivity index (χ4v) is 3.25. The van der Waals surface area contributed by atoms with Crippen molar-refractivity contribution in [1.82, 2.24) is 4.31 Å². The van der Waals surface area contributed by atoms with Crippen LogP contribution < -0.4 is 4.74 Å². The third-order valence-corrected chi connectivity index (χ3v) is 4.87. The van der Waals surface area contributed by atoms with Crippen LogP contribution in [0.2, 0.25) is 0 Å². The molecule has 0 saturated heterocycles. The zero-order chi connectivity index (χ0) is 16.9. The van der Waals surface area contributed by atoms with Crippen LogP contribution in [0.4, 0.5) is 5.69 Å². The van der Waals surface area contributed by atoms with Crippen molar-refractivity contribution in [1.29, 1.82) is 0 Å². The highest BCUT2D eigenvalue weighted by Crippen LogP contribution is 2.30. The number of hydrogen-bond acceptors (Lipinski definition) is 6. The number of carboxylic acids is 1. The van der Waals surface area contributed by atoms with Gasteiger partial charge in [0.05, 0.1) is 9.82 Å². The summed E-state index contributed by atoms with van der Waals surface area (Å²) in [5.74, 6) is -1.60. The second kappa shape index (κ2) is 7.18. The van der Waals surface area contributed by atoms with Gasteiger partial charge in [0, 0.05) is 19.2 Å². The molecule has 0 aliphatic heterocycles. The summed E-state index contributed by atoms with van der Waals surface area (Å²) < 4.78 is 30.6. The van der Waals surface area contributed by atoms with Gasteiger partial charge in [-0.2, -0.15) is 4.31 Å². The van der Waals surface area contributed by atoms with E-state index in [4.69, 9.17) is 9.84 Å². The summed E-state index contributed by atoms with van der Waals surface area (Å²) in [6.45, 7) is 3.00. The predicted molar refractivity (Wildman–Crippen MR) is 76.3 cm³/mol. The van der Waals surface area contributed by atoms with Gasteiger partial charge in [0.25, 0.3) is 0 Å². The van der Waals surface area contributed by atoms with Gasteiger partial charge >= 0.3 is 11.7 Å². The Morgan fingerprint density at radius 1 is 1.36 bits per heavy atom. The van der Waals surface area contributed by atoms with Gasteiger partial charge in [-0.15, -0.1) is 0 Å². The van der Waals surface area contributed by atoms with E-state index in [-0.39, 0.29) is 23.7 Å². The fraction of sp³-hybridized carbons (Fsp3) is 0.417. The minimum absolute atomic E-state index is 0.226. The molecule has 1 aromatic rings. The van der Waals surface area contributed by atoms with E-state index in [9.17, 15) is 23.3 Å². The van der Waals surface area contributed by atoms with Crippen molar-refractivity contribution in [2.75, 3.05) is 19.7 Å². The molecule has 0 aliphatic rings. The second-order valence-electron chi connectivity index (χ2n) is 4.16. The van der Waals surface area contributed by atoms with Crippen molar-refractivity contribution in [3.05, 3.63) is 28.3 Å². The van der Waals surface area contributed by atoms with Crippen LogP contribution in [0.15, 0.2) is 23.1 Å². The lowest BCUT2D eigenvalue weighted by Crippen LogP contribution is -2.30. The van der Waals surface area contributed by atoms with Gasteiger partial charge in [0.15, 0.2) is 12.4 Å². The van der Waals surface area contributed by atoms with Crippen LogP contribution in [-0.2, 0) is 14.8 Å². The first-order valence-corrected chi connectivity index (χ1v) is 7.81. The Bertz CT molecular complexity index is 668. The molecular weight excluding hydrogens is 316 g/mol. The number of hydrogen-bond donors (Lipinski definition) is 1. The standard InChI is InChI=1S/C12H16N2O7S/c1-3-13(4-2)22(19,20)9-5-6-11(21-8-12(15)16)10(7-9)14(17)18/h5-7H,3-4,8H2,1-2H3,(H,15,16). The maximum absolute atomic E-state index is 12.3. The third-order valence-electron chi connectivity index (χ3n) is 2.82. The minimum Gasteiger partial charge on any atom is -0.479 e. The first kappa shape index (κ1) is 17.9. The van der Waals surface area contributed by atoms with Gasteiger partial charge < -0.3 is 9.84 Å². The van der Waals surface area contributed by atoms with Crippen molar-refractivity contribution in [3.63, 3.8) is 0 Å². The first-order chi connectivity index (χ1) is 10.2. The number of nitro benzene ring substituents is 1. The number of carbonyl (C=O) groups is 1. The average molecular weight is 332 g/mol. The molecule has 0 atom stereocenters. The molecule has 0 fully saturated rings. The lowest BCUT2D eigenvalue weighted by Gasteiger charge is -2.18. The summed E-state index contributed by atoms with van der Waals surface area (Å²) in [4.78, 5) is 20.4. The smallest absolute Gasteiger partial charge is 0.341 e. The summed E-state index contributed by atoms with van der Waals surface area (Å²) in [7, 11) is -3.85. The fourth-order valence-electron chi connectivity index (χ4n) is 1.77. The molecule has 22 heavy (non-hydrogen) atoms. The zero-order valence-electron chi connectivity index (χ0n) is 12.1. The van der Waals surface area contributed by atoms with E-state index in [2.05, 4.69) is 0 Å². The Kier molecular flexibility index (Phi) is 5.83. The maximum Gasteiger partial charge on any atom is 0.341 e. The van der Waals surface area contributed by atoms with Gasteiger partial charge in [0.2, 0.25) is 10.0 Å². The number of benzene rings is 1. The van der Waals surface area contributed by atoms with Crippen LogP contribution in [0.25, 0.3) is 0 Å². The quantitative estimate of drug-likeness (QED) is 0.557. The molecule has 0 aromatic heterocycles. The van der Waals surface area contributed by atoms with Gasteiger partial charge in [-0.1, -0.05) is 13.8 Å². The predicted octanol–water partition coefficient (Wildman–Crippen LogP) is 1.09. The topological polar surface area (TPSA) is 127 Å². The summed E-state index contributed by atoms with van der Waals surface area (Å²) in [6, 6.07) is 3.10. The van der Waals surface area contributed by atoms with E-state index in [0.717, 1.165) is 22.5 Å². The summed E-state index contributed by atoms with van der Waals surface area (Å²) in [5, 5.41) is 19.6. The van der Waals surface area contributed by atoms with Crippen LogP contribution in [0, 0.1) is 10.1 Å². The molecule has 1 aromatic carbocycles.